The number of nitrogens with one attached hydrogen (secondary N) is 2. The fourth-order valence-corrected chi connectivity index (χ4v) is 3.38. The van der Waals surface area contributed by atoms with Crippen LogP contribution in [-0.4, -0.2) is 24.5 Å². The van der Waals surface area contributed by atoms with Crippen LogP contribution in [0.3, 0.4) is 0 Å². The molecule has 0 radical (unpaired) electrons. The van der Waals surface area contributed by atoms with E-state index >= 15 is 0 Å². The van der Waals surface area contributed by atoms with E-state index in [0.29, 0.717) is 25.0 Å². The highest BCUT2D eigenvalue weighted by molar-refractivity contribution is 6.02. The summed E-state index contributed by atoms with van der Waals surface area (Å²) in [6.07, 6.45) is 6.90. The molecule has 1 aliphatic carbocycles. The van der Waals surface area contributed by atoms with Crippen molar-refractivity contribution in [3.05, 3.63) is 29.8 Å². The Morgan fingerprint density at radius 1 is 1.27 bits per heavy atom. The van der Waals surface area contributed by atoms with Crippen molar-refractivity contribution >= 4 is 17.6 Å². The monoisotopic (exact) mass is 300 g/mol. The zero-order chi connectivity index (χ0) is 15.4. The van der Waals surface area contributed by atoms with Crippen LogP contribution in [0.1, 0.15) is 50.0 Å². The fourth-order valence-electron chi connectivity index (χ4n) is 3.38. The zero-order valence-electron chi connectivity index (χ0n) is 12.8. The van der Waals surface area contributed by atoms with Gasteiger partial charge in [-0.25, -0.2) is 0 Å². The molecule has 0 saturated heterocycles. The Labute approximate surface area is 131 Å². The first-order valence-electron chi connectivity index (χ1n) is 8.20. The number of benzene rings is 1. The van der Waals surface area contributed by atoms with Crippen LogP contribution in [0.15, 0.2) is 29.3 Å². The quantitative estimate of drug-likeness (QED) is 0.590. The van der Waals surface area contributed by atoms with Gasteiger partial charge in [0.2, 0.25) is 5.91 Å². The first kappa shape index (κ1) is 14.9. The minimum atomic E-state index is -0.109. The standard InChI is InChI=1S/C17H24N4O/c18-17(20-12-6-2-1-3-7-12)19-11-10-14-13-8-4-5-9-15(13)21-16(14)22/h4-5,8-9,12,14H,1-3,6-7,10-11H2,(H,21,22)(H3,18,19,20). The Balaban J connectivity index is 1.52. The van der Waals surface area contributed by atoms with Gasteiger partial charge in [-0.1, -0.05) is 37.5 Å². The van der Waals surface area contributed by atoms with Gasteiger partial charge < -0.3 is 16.4 Å². The van der Waals surface area contributed by atoms with Crippen LogP contribution >= 0.6 is 0 Å². The van der Waals surface area contributed by atoms with Gasteiger partial charge in [-0.3, -0.25) is 9.79 Å². The molecule has 0 aromatic heterocycles. The second-order valence-corrected chi connectivity index (χ2v) is 6.16. The van der Waals surface area contributed by atoms with Crippen LogP contribution in [0.2, 0.25) is 0 Å². The molecule has 1 unspecified atom stereocenters. The fraction of sp³-hybridized carbons (Fsp3) is 0.529. The molecule has 1 heterocycles. The van der Waals surface area contributed by atoms with Gasteiger partial charge >= 0.3 is 0 Å². The first-order valence-corrected chi connectivity index (χ1v) is 8.20. The number of aliphatic imine (C=N–C) groups is 1. The van der Waals surface area contributed by atoms with E-state index in [4.69, 9.17) is 5.73 Å². The smallest absolute Gasteiger partial charge is 0.232 e. The molecule has 1 fully saturated rings. The lowest BCUT2D eigenvalue weighted by Crippen LogP contribution is -2.41. The van der Waals surface area contributed by atoms with Crippen LogP contribution in [0.4, 0.5) is 5.69 Å². The SMILES string of the molecule is NC(=NCCC1C(=O)Nc2ccccc21)NC1CCCCC1. The summed E-state index contributed by atoms with van der Waals surface area (Å²) >= 11 is 0. The number of carbonyl (C=O) groups is 1. The molecule has 22 heavy (non-hydrogen) atoms. The summed E-state index contributed by atoms with van der Waals surface area (Å²) in [5.74, 6) is 0.469. The maximum atomic E-state index is 12.0. The Morgan fingerprint density at radius 2 is 2.05 bits per heavy atom. The summed E-state index contributed by atoms with van der Waals surface area (Å²) in [5.41, 5.74) is 7.95. The number of hydrogen-bond acceptors (Lipinski definition) is 2. The van der Waals surface area contributed by atoms with Crippen LogP contribution in [0, 0.1) is 0 Å². The van der Waals surface area contributed by atoms with E-state index in [9.17, 15) is 4.79 Å². The van der Waals surface area contributed by atoms with Crippen molar-refractivity contribution in [1.29, 1.82) is 0 Å². The summed E-state index contributed by atoms with van der Waals surface area (Å²) in [6.45, 7) is 0.567. The lowest BCUT2D eigenvalue weighted by Gasteiger charge is -2.23. The molecule has 1 aliphatic heterocycles. The van der Waals surface area contributed by atoms with Crippen LogP contribution in [0.25, 0.3) is 0 Å². The number of nitrogens with zero attached hydrogens (tertiary/aromatic N) is 1. The number of fused-ring (bicyclic) bond motifs is 1. The third-order valence-corrected chi connectivity index (χ3v) is 4.57. The molecule has 4 N–H and O–H groups in total. The number of rotatable bonds is 4. The summed E-state index contributed by atoms with van der Waals surface area (Å²) < 4.78 is 0. The van der Waals surface area contributed by atoms with Crippen molar-refractivity contribution < 1.29 is 4.79 Å². The van der Waals surface area contributed by atoms with E-state index in [2.05, 4.69) is 15.6 Å². The maximum Gasteiger partial charge on any atom is 0.232 e. The topological polar surface area (TPSA) is 79.5 Å². The molecule has 1 amide bonds. The van der Waals surface area contributed by atoms with Gasteiger partial charge in [-0.15, -0.1) is 0 Å². The number of carbonyl (C=O) groups excluding carboxylic acids is 1. The number of anilines is 1. The molecule has 1 saturated carbocycles. The molecule has 2 aliphatic rings. The minimum absolute atomic E-state index is 0.0650. The first-order chi connectivity index (χ1) is 10.7. The van der Waals surface area contributed by atoms with Gasteiger partial charge in [-0.2, -0.15) is 0 Å². The van der Waals surface area contributed by atoms with Crippen LogP contribution in [-0.2, 0) is 4.79 Å². The second-order valence-electron chi connectivity index (χ2n) is 6.16. The molecular weight excluding hydrogens is 276 g/mol. The molecule has 1 atom stereocenters. The number of nitrogens with two attached hydrogens (primary N) is 1. The average Bonchev–Trinajstić information content (AvgIpc) is 2.84. The van der Waals surface area contributed by atoms with Gasteiger partial charge in [0.15, 0.2) is 5.96 Å². The van der Waals surface area contributed by atoms with Gasteiger partial charge in [0.05, 0.1) is 5.92 Å². The summed E-state index contributed by atoms with van der Waals surface area (Å²) in [7, 11) is 0. The van der Waals surface area contributed by atoms with E-state index < -0.39 is 0 Å². The Kier molecular flexibility index (Phi) is 4.61. The second kappa shape index (κ2) is 6.81. The predicted molar refractivity (Wildman–Crippen MR) is 88.9 cm³/mol. The van der Waals surface area contributed by atoms with E-state index in [-0.39, 0.29) is 11.8 Å². The Morgan fingerprint density at radius 3 is 2.86 bits per heavy atom. The Hall–Kier alpha value is -2.04. The molecule has 5 heteroatoms. The maximum absolute atomic E-state index is 12.0. The summed E-state index contributed by atoms with van der Waals surface area (Å²) in [6, 6.07) is 8.31. The summed E-state index contributed by atoms with van der Waals surface area (Å²) in [4.78, 5) is 16.4. The third-order valence-electron chi connectivity index (χ3n) is 4.57. The molecule has 5 nitrogen and oxygen atoms in total. The lowest BCUT2D eigenvalue weighted by molar-refractivity contribution is -0.117. The third kappa shape index (κ3) is 3.40. The van der Waals surface area contributed by atoms with E-state index in [0.717, 1.165) is 11.3 Å². The average molecular weight is 300 g/mol. The van der Waals surface area contributed by atoms with E-state index in [1.165, 1.54) is 32.1 Å². The van der Waals surface area contributed by atoms with E-state index in [1.54, 1.807) is 0 Å². The molecule has 1 aromatic rings. The van der Waals surface area contributed by atoms with Gasteiger partial charge in [0, 0.05) is 18.3 Å². The van der Waals surface area contributed by atoms with Crippen molar-refractivity contribution in [2.75, 3.05) is 11.9 Å². The van der Waals surface area contributed by atoms with Gasteiger partial charge in [-0.05, 0) is 30.9 Å². The summed E-state index contributed by atoms with van der Waals surface area (Å²) in [5, 5.41) is 6.22. The highest BCUT2D eigenvalue weighted by Gasteiger charge is 2.29. The van der Waals surface area contributed by atoms with Crippen molar-refractivity contribution in [2.24, 2.45) is 10.7 Å². The highest BCUT2D eigenvalue weighted by Crippen LogP contribution is 2.34. The molecule has 0 spiro atoms. The Bertz CT molecular complexity index is 564. The number of guanidine groups is 1. The highest BCUT2D eigenvalue weighted by atomic mass is 16.2. The normalized spacial score (nSPS) is 22.3. The zero-order valence-corrected chi connectivity index (χ0v) is 12.8. The predicted octanol–water partition coefficient (Wildman–Crippen LogP) is 2.35. The molecular formula is C17H24N4O. The molecule has 3 rings (SSSR count). The number of amides is 1. The van der Waals surface area contributed by atoms with Crippen molar-refractivity contribution in [3.63, 3.8) is 0 Å². The number of hydrogen-bond donors (Lipinski definition) is 3. The van der Waals surface area contributed by atoms with Crippen LogP contribution in [0.5, 0.6) is 0 Å². The van der Waals surface area contributed by atoms with Crippen LogP contribution < -0.4 is 16.4 Å². The molecule has 118 valence electrons. The number of para-hydroxylation sites is 1. The molecule has 1 aromatic carbocycles. The van der Waals surface area contributed by atoms with Gasteiger partial charge in [0.25, 0.3) is 0 Å². The van der Waals surface area contributed by atoms with E-state index in [1.807, 2.05) is 24.3 Å². The largest absolute Gasteiger partial charge is 0.370 e. The lowest BCUT2D eigenvalue weighted by atomic mass is 9.96. The van der Waals surface area contributed by atoms with Gasteiger partial charge in [0.1, 0.15) is 0 Å². The van der Waals surface area contributed by atoms with Crippen molar-refractivity contribution in [2.45, 2.75) is 50.5 Å². The van der Waals surface area contributed by atoms with Crippen molar-refractivity contribution in [1.82, 2.24) is 5.32 Å². The molecule has 0 bridgehead atoms. The minimum Gasteiger partial charge on any atom is -0.370 e. The van der Waals surface area contributed by atoms with Crippen molar-refractivity contribution in [3.8, 4) is 0 Å².